The van der Waals surface area contributed by atoms with Crippen molar-refractivity contribution in [1.29, 1.82) is 0 Å². The van der Waals surface area contributed by atoms with Gasteiger partial charge in [0, 0.05) is 13.1 Å². The molecule has 0 aliphatic carbocycles. The number of carbonyl (C=O) groups is 1. The molecule has 0 saturated heterocycles. The van der Waals surface area contributed by atoms with E-state index in [4.69, 9.17) is 15.2 Å². The molecular weight excluding hydrogens is 358 g/mol. The first kappa shape index (κ1) is 19.5. The average Bonchev–Trinajstić information content (AvgIpc) is 2.99. The summed E-state index contributed by atoms with van der Waals surface area (Å²) in [6.45, 7) is 5.71. The number of carbonyl (C=O) groups excluding carboxylic acids is 1. The van der Waals surface area contributed by atoms with Crippen molar-refractivity contribution in [2.24, 2.45) is 7.05 Å². The van der Waals surface area contributed by atoms with Crippen molar-refractivity contribution in [3.05, 3.63) is 42.2 Å². The van der Waals surface area contributed by atoms with Crippen molar-refractivity contribution in [2.75, 3.05) is 17.7 Å². The number of nitrogens with two attached hydrogens (primary N) is 1. The van der Waals surface area contributed by atoms with Crippen molar-refractivity contribution in [2.45, 2.75) is 32.9 Å². The van der Waals surface area contributed by atoms with Crippen LogP contribution in [0.5, 0.6) is 5.75 Å². The van der Waals surface area contributed by atoms with E-state index >= 15 is 0 Å². The number of hydrogen-bond acceptors (Lipinski definition) is 6. The highest BCUT2D eigenvalue weighted by Crippen LogP contribution is 2.28. The molecule has 3 rings (SSSR count). The van der Waals surface area contributed by atoms with Crippen LogP contribution in [-0.2, 0) is 18.3 Å². The van der Waals surface area contributed by atoms with E-state index in [0.29, 0.717) is 17.2 Å². The average molecular weight is 383 g/mol. The third-order valence-corrected chi connectivity index (χ3v) is 4.08. The minimum atomic E-state index is -0.654. The topological polar surface area (TPSA) is 95.5 Å². The zero-order valence-electron chi connectivity index (χ0n) is 16.8. The van der Waals surface area contributed by atoms with Crippen LogP contribution < -0.4 is 15.4 Å². The fourth-order valence-corrected chi connectivity index (χ4v) is 2.77. The third kappa shape index (κ3) is 4.16. The van der Waals surface area contributed by atoms with Gasteiger partial charge in [0.05, 0.1) is 25.5 Å². The summed E-state index contributed by atoms with van der Waals surface area (Å²) in [6.07, 6.45) is 1.14. The Kier molecular flexibility index (Phi) is 5.13. The molecular formula is C20H25N5O3. The van der Waals surface area contributed by atoms with Gasteiger partial charge in [-0.25, -0.2) is 14.8 Å². The lowest BCUT2D eigenvalue weighted by molar-refractivity contribution is 0.0577. The number of anilines is 2. The lowest BCUT2D eigenvalue weighted by atomic mass is 10.2. The summed E-state index contributed by atoms with van der Waals surface area (Å²) in [4.78, 5) is 23.3. The Labute approximate surface area is 163 Å². The molecule has 0 atom stereocenters. The van der Waals surface area contributed by atoms with Gasteiger partial charge in [-0.3, -0.25) is 4.90 Å². The minimum absolute atomic E-state index is 0.251. The SMILES string of the molecule is COc1ccc(CN(C(=O)OC(C)(C)C)c2nc(N)cc3c2ncn3C)cc1. The molecule has 1 amide bonds. The van der Waals surface area contributed by atoms with Gasteiger partial charge in [0.15, 0.2) is 5.82 Å². The summed E-state index contributed by atoms with van der Waals surface area (Å²) in [5.41, 5.74) is 7.60. The molecule has 2 aromatic heterocycles. The molecule has 0 aliphatic rings. The molecule has 8 heteroatoms. The molecule has 2 N–H and O–H groups in total. The molecule has 0 aliphatic heterocycles. The number of hydrogen-bond donors (Lipinski definition) is 1. The van der Waals surface area contributed by atoms with Crippen molar-refractivity contribution < 1.29 is 14.3 Å². The van der Waals surface area contributed by atoms with Gasteiger partial charge in [-0.05, 0) is 38.5 Å². The largest absolute Gasteiger partial charge is 0.497 e. The standard InChI is InChI=1S/C20H25N5O3/c1-20(2,3)28-19(26)25(11-13-6-8-14(27-5)9-7-13)18-17-15(10-16(21)23-18)24(4)12-22-17/h6-10,12H,11H2,1-5H3,(H2,21,23). The lowest BCUT2D eigenvalue weighted by Crippen LogP contribution is -2.37. The van der Waals surface area contributed by atoms with Crippen LogP contribution in [0.15, 0.2) is 36.7 Å². The van der Waals surface area contributed by atoms with E-state index in [0.717, 1.165) is 16.8 Å². The van der Waals surface area contributed by atoms with E-state index in [-0.39, 0.29) is 6.54 Å². The minimum Gasteiger partial charge on any atom is -0.497 e. The van der Waals surface area contributed by atoms with E-state index in [1.165, 1.54) is 4.90 Å². The normalized spacial score (nSPS) is 11.5. The lowest BCUT2D eigenvalue weighted by Gasteiger charge is -2.27. The predicted molar refractivity (Wildman–Crippen MR) is 108 cm³/mol. The number of nitrogen functional groups attached to an aromatic ring is 1. The van der Waals surface area contributed by atoms with E-state index in [9.17, 15) is 4.79 Å². The second-order valence-electron chi connectivity index (χ2n) is 7.51. The van der Waals surface area contributed by atoms with Gasteiger partial charge in [0.2, 0.25) is 0 Å². The van der Waals surface area contributed by atoms with Crippen LogP contribution >= 0.6 is 0 Å². The van der Waals surface area contributed by atoms with Crippen LogP contribution in [0.25, 0.3) is 11.0 Å². The monoisotopic (exact) mass is 383 g/mol. The number of benzene rings is 1. The molecule has 3 aromatic rings. The molecule has 148 valence electrons. The van der Waals surface area contributed by atoms with Crippen molar-refractivity contribution in [3.8, 4) is 5.75 Å². The summed E-state index contributed by atoms with van der Waals surface area (Å²) in [7, 11) is 3.47. The van der Waals surface area contributed by atoms with Crippen LogP contribution in [-0.4, -0.2) is 33.3 Å². The number of nitrogens with zero attached hydrogens (tertiary/aromatic N) is 4. The zero-order chi connectivity index (χ0) is 20.5. The first-order valence-corrected chi connectivity index (χ1v) is 8.89. The maximum atomic E-state index is 13.0. The molecule has 1 aromatic carbocycles. The second-order valence-corrected chi connectivity index (χ2v) is 7.51. The predicted octanol–water partition coefficient (Wildman–Crippen LogP) is 3.50. The maximum Gasteiger partial charge on any atom is 0.416 e. The number of ether oxygens (including phenoxy) is 2. The summed E-state index contributed by atoms with van der Waals surface area (Å²) in [6, 6.07) is 9.18. The zero-order valence-corrected chi connectivity index (χ0v) is 16.8. The van der Waals surface area contributed by atoms with Gasteiger partial charge in [0.1, 0.15) is 22.7 Å². The first-order valence-electron chi connectivity index (χ1n) is 8.89. The van der Waals surface area contributed by atoms with Gasteiger partial charge in [-0.15, -0.1) is 0 Å². The molecule has 8 nitrogen and oxygen atoms in total. The van der Waals surface area contributed by atoms with Gasteiger partial charge < -0.3 is 19.8 Å². The van der Waals surface area contributed by atoms with E-state index < -0.39 is 11.7 Å². The maximum absolute atomic E-state index is 13.0. The van der Waals surface area contributed by atoms with Crippen LogP contribution in [0, 0.1) is 0 Å². The molecule has 0 spiro atoms. The van der Waals surface area contributed by atoms with Crippen LogP contribution in [0.4, 0.5) is 16.4 Å². The summed E-state index contributed by atoms with van der Waals surface area (Å²) in [5.74, 6) is 1.40. The highest BCUT2D eigenvalue weighted by molar-refractivity contribution is 5.97. The van der Waals surface area contributed by atoms with Crippen molar-refractivity contribution in [1.82, 2.24) is 14.5 Å². The highest BCUT2D eigenvalue weighted by atomic mass is 16.6. The number of rotatable bonds is 4. The molecule has 0 radical (unpaired) electrons. The highest BCUT2D eigenvalue weighted by Gasteiger charge is 2.27. The van der Waals surface area contributed by atoms with Gasteiger partial charge in [-0.2, -0.15) is 0 Å². The fourth-order valence-electron chi connectivity index (χ4n) is 2.77. The first-order chi connectivity index (χ1) is 13.2. The second kappa shape index (κ2) is 7.38. The fraction of sp³-hybridized carbons (Fsp3) is 0.350. The molecule has 0 bridgehead atoms. The molecule has 0 fully saturated rings. The quantitative estimate of drug-likeness (QED) is 0.741. The van der Waals surface area contributed by atoms with Crippen LogP contribution in [0.3, 0.4) is 0 Å². The molecule has 0 saturated carbocycles. The molecule has 0 unspecified atom stereocenters. The Balaban J connectivity index is 2.06. The Morgan fingerprint density at radius 2 is 1.93 bits per heavy atom. The number of aryl methyl sites for hydroxylation is 1. The third-order valence-electron chi connectivity index (χ3n) is 4.08. The number of imidazole rings is 1. The van der Waals surface area contributed by atoms with E-state index in [2.05, 4.69) is 9.97 Å². The summed E-state index contributed by atoms with van der Waals surface area (Å²) < 4.78 is 12.6. The number of pyridine rings is 1. The van der Waals surface area contributed by atoms with E-state index in [1.807, 2.05) is 56.7 Å². The number of fused-ring (bicyclic) bond motifs is 1. The summed E-state index contributed by atoms with van der Waals surface area (Å²) in [5, 5.41) is 0. The Hall–Kier alpha value is -3.29. The smallest absolute Gasteiger partial charge is 0.416 e. The Bertz CT molecular complexity index is 989. The number of methoxy groups -OCH3 is 1. The van der Waals surface area contributed by atoms with Crippen molar-refractivity contribution in [3.63, 3.8) is 0 Å². The Morgan fingerprint density at radius 3 is 2.54 bits per heavy atom. The van der Waals surface area contributed by atoms with Gasteiger partial charge in [0.25, 0.3) is 0 Å². The van der Waals surface area contributed by atoms with Gasteiger partial charge in [-0.1, -0.05) is 12.1 Å². The molecule has 2 heterocycles. The Morgan fingerprint density at radius 1 is 1.25 bits per heavy atom. The van der Waals surface area contributed by atoms with Crippen LogP contribution in [0.2, 0.25) is 0 Å². The van der Waals surface area contributed by atoms with E-state index in [1.54, 1.807) is 19.5 Å². The van der Waals surface area contributed by atoms with Crippen LogP contribution in [0.1, 0.15) is 26.3 Å². The summed E-state index contributed by atoms with van der Waals surface area (Å²) >= 11 is 0. The van der Waals surface area contributed by atoms with Gasteiger partial charge >= 0.3 is 6.09 Å². The number of amides is 1. The molecule has 28 heavy (non-hydrogen) atoms. The van der Waals surface area contributed by atoms with Crippen molar-refractivity contribution >= 4 is 28.8 Å². The number of aromatic nitrogens is 3.